The molecule has 0 radical (unpaired) electrons. The van der Waals surface area contributed by atoms with Crippen LogP contribution < -0.4 is 0 Å². The van der Waals surface area contributed by atoms with E-state index in [1.165, 1.54) is 36.2 Å². The Morgan fingerprint density at radius 1 is 1.13 bits per heavy atom. The summed E-state index contributed by atoms with van der Waals surface area (Å²) in [7, 11) is 0. The van der Waals surface area contributed by atoms with E-state index < -0.39 is 0 Å². The molecular formula is C13H19NO. The summed E-state index contributed by atoms with van der Waals surface area (Å²) in [5.74, 6) is 0. The highest BCUT2D eigenvalue weighted by atomic mass is 16.2. The van der Waals surface area contributed by atoms with Crippen LogP contribution in [0.15, 0.2) is 12.1 Å². The molecule has 0 saturated heterocycles. The normalized spacial score (nSPS) is 15.0. The van der Waals surface area contributed by atoms with Gasteiger partial charge < -0.3 is 5.11 Å². The topological polar surface area (TPSA) is 33.1 Å². The van der Waals surface area contributed by atoms with Crippen molar-refractivity contribution in [2.24, 2.45) is 0 Å². The number of hydrogen-bond donors (Lipinski definition) is 1. The number of rotatable bonds is 4. The molecule has 1 aromatic heterocycles. The van der Waals surface area contributed by atoms with E-state index in [-0.39, 0.29) is 0 Å². The highest BCUT2D eigenvalue weighted by Crippen LogP contribution is 2.19. The first-order chi connectivity index (χ1) is 7.40. The summed E-state index contributed by atoms with van der Waals surface area (Å²) in [5.41, 5.74) is 3.97. The van der Waals surface area contributed by atoms with Gasteiger partial charge >= 0.3 is 0 Å². The molecule has 2 nitrogen and oxygen atoms in total. The van der Waals surface area contributed by atoms with Crippen molar-refractivity contribution in [3.63, 3.8) is 0 Å². The minimum absolute atomic E-state index is 0.297. The van der Waals surface area contributed by atoms with Crippen LogP contribution in [0.4, 0.5) is 0 Å². The fourth-order valence-corrected chi connectivity index (χ4v) is 2.18. The van der Waals surface area contributed by atoms with E-state index in [1.54, 1.807) is 0 Å². The first-order valence-corrected chi connectivity index (χ1v) is 5.98. The number of fused-ring (bicyclic) bond motifs is 1. The molecule has 82 valence electrons. The number of aliphatic hydroxyl groups excluding tert-OH is 1. The first-order valence-electron chi connectivity index (χ1n) is 5.98. The van der Waals surface area contributed by atoms with Crippen LogP contribution >= 0.6 is 0 Å². The predicted octanol–water partition coefficient (Wildman–Crippen LogP) is 2.28. The number of hydrogen-bond acceptors (Lipinski definition) is 2. The average molecular weight is 205 g/mol. The van der Waals surface area contributed by atoms with Crippen LogP contribution in [0.3, 0.4) is 0 Å². The summed E-state index contributed by atoms with van der Waals surface area (Å²) in [6.45, 7) is 0.297. The Hall–Kier alpha value is -0.890. The maximum Gasteiger partial charge on any atom is 0.0438 e. The maximum absolute atomic E-state index is 8.72. The van der Waals surface area contributed by atoms with Crippen molar-refractivity contribution in [3.05, 3.63) is 29.1 Å². The SMILES string of the molecule is OCCCCc1ccc2c(n1)CCCC2. The molecule has 1 heterocycles. The van der Waals surface area contributed by atoms with Gasteiger partial charge in [0.15, 0.2) is 0 Å². The molecule has 2 rings (SSSR count). The predicted molar refractivity (Wildman–Crippen MR) is 60.9 cm³/mol. The van der Waals surface area contributed by atoms with Crippen LogP contribution in [0.25, 0.3) is 0 Å². The summed E-state index contributed by atoms with van der Waals surface area (Å²) < 4.78 is 0. The lowest BCUT2D eigenvalue weighted by Gasteiger charge is -2.15. The summed E-state index contributed by atoms with van der Waals surface area (Å²) in [6.07, 6.45) is 7.91. The summed E-state index contributed by atoms with van der Waals surface area (Å²) >= 11 is 0. The molecule has 0 aromatic carbocycles. The Kier molecular flexibility index (Phi) is 3.73. The van der Waals surface area contributed by atoms with Crippen molar-refractivity contribution in [3.8, 4) is 0 Å². The second-order valence-electron chi connectivity index (χ2n) is 4.30. The van der Waals surface area contributed by atoms with E-state index in [9.17, 15) is 0 Å². The highest BCUT2D eigenvalue weighted by Gasteiger charge is 2.10. The Bertz CT molecular complexity index is 322. The van der Waals surface area contributed by atoms with E-state index in [2.05, 4.69) is 12.1 Å². The van der Waals surface area contributed by atoms with Gasteiger partial charge in [0.25, 0.3) is 0 Å². The van der Waals surface area contributed by atoms with Crippen molar-refractivity contribution in [1.29, 1.82) is 0 Å². The molecule has 1 aromatic rings. The van der Waals surface area contributed by atoms with E-state index in [0.29, 0.717) is 6.61 Å². The molecule has 1 aliphatic rings. The number of aromatic nitrogens is 1. The van der Waals surface area contributed by atoms with E-state index >= 15 is 0 Å². The molecule has 0 aliphatic heterocycles. The fraction of sp³-hybridized carbons (Fsp3) is 0.615. The number of pyridine rings is 1. The third-order valence-corrected chi connectivity index (χ3v) is 3.08. The molecule has 15 heavy (non-hydrogen) atoms. The summed E-state index contributed by atoms with van der Waals surface area (Å²) in [4.78, 5) is 4.70. The van der Waals surface area contributed by atoms with Gasteiger partial charge in [-0.1, -0.05) is 6.07 Å². The molecular weight excluding hydrogens is 186 g/mol. The lowest BCUT2D eigenvalue weighted by molar-refractivity contribution is 0.284. The Balaban J connectivity index is 2.00. The lowest BCUT2D eigenvalue weighted by Crippen LogP contribution is -2.07. The molecule has 0 saturated carbocycles. The number of unbranched alkanes of at least 4 members (excludes halogenated alkanes) is 1. The zero-order chi connectivity index (χ0) is 10.5. The molecule has 0 unspecified atom stereocenters. The zero-order valence-electron chi connectivity index (χ0n) is 9.21. The van der Waals surface area contributed by atoms with Crippen LogP contribution in [-0.4, -0.2) is 16.7 Å². The van der Waals surface area contributed by atoms with E-state index in [4.69, 9.17) is 10.1 Å². The van der Waals surface area contributed by atoms with Gasteiger partial charge in [0.2, 0.25) is 0 Å². The highest BCUT2D eigenvalue weighted by molar-refractivity contribution is 5.25. The summed E-state index contributed by atoms with van der Waals surface area (Å²) in [5, 5.41) is 8.72. The fourth-order valence-electron chi connectivity index (χ4n) is 2.18. The monoisotopic (exact) mass is 205 g/mol. The van der Waals surface area contributed by atoms with Crippen LogP contribution in [0, 0.1) is 0 Å². The van der Waals surface area contributed by atoms with Gasteiger partial charge in [-0.2, -0.15) is 0 Å². The second kappa shape index (κ2) is 5.26. The standard InChI is InChI=1S/C13H19NO/c15-10-4-3-6-12-9-8-11-5-1-2-7-13(11)14-12/h8-9,15H,1-7,10H2. The van der Waals surface area contributed by atoms with Crippen molar-refractivity contribution in [2.45, 2.75) is 44.9 Å². The lowest BCUT2D eigenvalue weighted by atomic mass is 9.95. The molecule has 1 N–H and O–H groups in total. The molecule has 0 spiro atoms. The molecule has 1 aliphatic carbocycles. The van der Waals surface area contributed by atoms with Gasteiger partial charge in [-0.15, -0.1) is 0 Å². The van der Waals surface area contributed by atoms with Gasteiger partial charge in [0.1, 0.15) is 0 Å². The first kappa shape index (κ1) is 10.6. The van der Waals surface area contributed by atoms with E-state index in [1.807, 2.05) is 0 Å². The third-order valence-electron chi connectivity index (χ3n) is 3.08. The van der Waals surface area contributed by atoms with Gasteiger partial charge in [-0.3, -0.25) is 4.98 Å². The largest absolute Gasteiger partial charge is 0.396 e. The zero-order valence-corrected chi connectivity index (χ0v) is 9.21. The number of aryl methyl sites for hydroxylation is 3. The Labute approximate surface area is 91.4 Å². The van der Waals surface area contributed by atoms with Gasteiger partial charge in [-0.25, -0.2) is 0 Å². The average Bonchev–Trinajstić information content (AvgIpc) is 2.29. The van der Waals surface area contributed by atoms with Crippen molar-refractivity contribution in [2.75, 3.05) is 6.61 Å². The van der Waals surface area contributed by atoms with Gasteiger partial charge in [-0.05, 0) is 56.6 Å². The Morgan fingerprint density at radius 3 is 2.87 bits per heavy atom. The second-order valence-corrected chi connectivity index (χ2v) is 4.30. The van der Waals surface area contributed by atoms with Crippen LogP contribution in [-0.2, 0) is 19.3 Å². The molecule has 0 amide bonds. The third kappa shape index (κ3) is 2.78. The molecule has 0 fully saturated rings. The number of nitrogens with zero attached hydrogens (tertiary/aromatic N) is 1. The van der Waals surface area contributed by atoms with Crippen molar-refractivity contribution >= 4 is 0 Å². The van der Waals surface area contributed by atoms with Crippen LogP contribution in [0.5, 0.6) is 0 Å². The van der Waals surface area contributed by atoms with Gasteiger partial charge in [0.05, 0.1) is 0 Å². The minimum atomic E-state index is 0.297. The minimum Gasteiger partial charge on any atom is -0.396 e. The van der Waals surface area contributed by atoms with Crippen molar-refractivity contribution < 1.29 is 5.11 Å². The smallest absolute Gasteiger partial charge is 0.0438 e. The van der Waals surface area contributed by atoms with E-state index in [0.717, 1.165) is 25.7 Å². The Morgan fingerprint density at radius 2 is 2.00 bits per heavy atom. The quantitative estimate of drug-likeness (QED) is 0.765. The number of aliphatic hydroxyl groups is 1. The molecule has 0 atom stereocenters. The molecule has 0 bridgehead atoms. The molecule has 2 heteroatoms. The maximum atomic E-state index is 8.72. The van der Waals surface area contributed by atoms with Crippen LogP contribution in [0.2, 0.25) is 0 Å². The summed E-state index contributed by atoms with van der Waals surface area (Å²) in [6, 6.07) is 4.40. The van der Waals surface area contributed by atoms with Crippen molar-refractivity contribution in [1.82, 2.24) is 4.98 Å². The van der Waals surface area contributed by atoms with Crippen LogP contribution in [0.1, 0.15) is 42.6 Å². The van der Waals surface area contributed by atoms with Gasteiger partial charge in [0, 0.05) is 18.0 Å².